The predicted molar refractivity (Wildman–Crippen MR) is 101 cm³/mol. The SMILES string of the molecule is CCOc1ccc(CN(Cc2ccccn2)CC2CCCO2)cc1CO. The summed E-state index contributed by atoms with van der Waals surface area (Å²) in [6.07, 6.45) is 4.38. The van der Waals surface area contributed by atoms with E-state index in [1.165, 1.54) is 0 Å². The van der Waals surface area contributed by atoms with Crippen molar-refractivity contribution in [3.05, 3.63) is 59.4 Å². The third-order valence-corrected chi connectivity index (χ3v) is 4.60. The van der Waals surface area contributed by atoms with Crippen LogP contribution >= 0.6 is 0 Å². The number of nitrogens with zero attached hydrogens (tertiary/aromatic N) is 2. The molecule has 0 spiro atoms. The van der Waals surface area contributed by atoms with Gasteiger partial charge in [-0.3, -0.25) is 9.88 Å². The fourth-order valence-electron chi connectivity index (χ4n) is 3.39. The maximum Gasteiger partial charge on any atom is 0.124 e. The molecule has 0 saturated carbocycles. The monoisotopic (exact) mass is 356 g/mol. The largest absolute Gasteiger partial charge is 0.494 e. The van der Waals surface area contributed by atoms with E-state index in [2.05, 4.69) is 22.0 Å². The summed E-state index contributed by atoms with van der Waals surface area (Å²) >= 11 is 0. The third kappa shape index (κ3) is 5.27. The highest BCUT2D eigenvalue weighted by Crippen LogP contribution is 2.22. The van der Waals surface area contributed by atoms with Crippen molar-refractivity contribution in [2.45, 2.75) is 45.6 Å². The predicted octanol–water partition coefficient (Wildman–Crippen LogP) is 3.15. The molecule has 0 aliphatic carbocycles. The lowest BCUT2D eigenvalue weighted by Crippen LogP contribution is -2.31. The number of benzene rings is 1. The number of ether oxygens (including phenoxy) is 2. The minimum atomic E-state index is -0.0187. The summed E-state index contributed by atoms with van der Waals surface area (Å²) < 4.78 is 11.4. The van der Waals surface area contributed by atoms with Crippen molar-refractivity contribution in [1.82, 2.24) is 9.88 Å². The van der Waals surface area contributed by atoms with Gasteiger partial charge in [-0.2, -0.15) is 0 Å². The molecular formula is C21H28N2O3. The molecule has 2 aromatic rings. The second-order valence-corrected chi connectivity index (χ2v) is 6.66. The Labute approximate surface area is 155 Å². The summed E-state index contributed by atoms with van der Waals surface area (Å²) in [6, 6.07) is 12.1. The van der Waals surface area contributed by atoms with E-state index in [4.69, 9.17) is 9.47 Å². The molecule has 1 aromatic carbocycles. The second-order valence-electron chi connectivity index (χ2n) is 6.66. The summed E-state index contributed by atoms with van der Waals surface area (Å²) in [7, 11) is 0. The van der Waals surface area contributed by atoms with Crippen LogP contribution in [0.4, 0.5) is 0 Å². The van der Waals surface area contributed by atoms with E-state index in [-0.39, 0.29) is 6.61 Å². The lowest BCUT2D eigenvalue weighted by molar-refractivity contribution is 0.0674. The van der Waals surface area contributed by atoms with Crippen LogP contribution in [-0.2, 0) is 24.4 Å². The first kappa shape index (κ1) is 18.8. The van der Waals surface area contributed by atoms with Crippen LogP contribution in [0.15, 0.2) is 42.6 Å². The van der Waals surface area contributed by atoms with Gasteiger partial charge in [0.1, 0.15) is 5.75 Å². The zero-order valence-corrected chi connectivity index (χ0v) is 15.4. The Balaban J connectivity index is 1.73. The molecule has 2 heterocycles. The molecule has 0 bridgehead atoms. The lowest BCUT2D eigenvalue weighted by Gasteiger charge is -2.25. The van der Waals surface area contributed by atoms with Crippen LogP contribution in [0.5, 0.6) is 5.75 Å². The summed E-state index contributed by atoms with van der Waals surface area (Å²) in [4.78, 5) is 6.83. The Morgan fingerprint density at radius 3 is 2.88 bits per heavy atom. The zero-order chi connectivity index (χ0) is 18.2. The van der Waals surface area contributed by atoms with Crippen molar-refractivity contribution in [2.75, 3.05) is 19.8 Å². The van der Waals surface area contributed by atoms with Crippen molar-refractivity contribution in [3.8, 4) is 5.75 Å². The van der Waals surface area contributed by atoms with Gasteiger partial charge in [-0.25, -0.2) is 0 Å². The summed E-state index contributed by atoms with van der Waals surface area (Å²) in [6.45, 7) is 5.84. The first-order chi connectivity index (χ1) is 12.8. The number of aromatic nitrogens is 1. The van der Waals surface area contributed by atoms with Gasteiger partial charge in [-0.1, -0.05) is 12.1 Å². The molecule has 1 N–H and O–H groups in total. The van der Waals surface area contributed by atoms with Crippen LogP contribution in [0.2, 0.25) is 0 Å². The number of hydrogen-bond acceptors (Lipinski definition) is 5. The van der Waals surface area contributed by atoms with E-state index in [1.54, 1.807) is 0 Å². The van der Waals surface area contributed by atoms with Crippen LogP contribution in [-0.4, -0.2) is 40.9 Å². The molecule has 0 radical (unpaired) electrons. The van der Waals surface area contributed by atoms with E-state index in [0.717, 1.165) is 61.7 Å². The van der Waals surface area contributed by atoms with Crippen molar-refractivity contribution in [2.24, 2.45) is 0 Å². The quantitative estimate of drug-likeness (QED) is 0.748. The molecule has 26 heavy (non-hydrogen) atoms. The van der Waals surface area contributed by atoms with Crippen molar-refractivity contribution in [3.63, 3.8) is 0 Å². The Morgan fingerprint density at radius 2 is 2.19 bits per heavy atom. The molecule has 0 amide bonds. The highest BCUT2D eigenvalue weighted by atomic mass is 16.5. The molecule has 1 unspecified atom stereocenters. The van der Waals surface area contributed by atoms with Gasteiger partial charge < -0.3 is 14.6 Å². The Bertz CT molecular complexity index is 672. The number of aliphatic hydroxyl groups is 1. The molecule has 1 aromatic heterocycles. The van der Waals surface area contributed by atoms with Crippen molar-refractivity contribution < 1.29 is 14.6 Å². The van der Waals surface area contributed by atoms with E-state index in [9.17, 15) is 5.11 Å². The smallest absolute Gasteiger partial charge is 0.124 e. The first-order valence-corrected chi connectivity index (χ1v) is 9.37. The molecule has 140 valence electrons. The standard InChI is InChI=1S/C21H28N2O3/c1-2-25-21-9-8-17(12-18(21)16-24)13-23(15-20-7-5-11-26-20)14-19-6-3-4-10-22-19/h3-4,6,8-10,12,20,24H,2,5,7,11,13-16H2,1H3. The highest BCUT2D eigenvalue weighted by Gasteiger charge is 2.20. The maximum atomic E-state index is 9.65. The summed E-state index contributed by atoms with van der Waals surface area (Å²) in [5.74, 6) is 0.758. The molecular weight excluding hydrogens is 328 g/mol. The average Bonchev–Trinajstić information content (AvgIpc) is 3.17. The Kier molecular flexibility index (Phi) is 7.00. The van der Waals surface area contributed by atoms with Gasteiger partial charge in [0.2, 0.25) is 0 Å². The molecule has 1 saturated heterocycles. The van der Waals surface area contributed by atoms with Crippen molar-refractivity contribution in [1.29, 1.82) is 0 Å². The van der Waals surface area contributed by atoms with Crippen LogP contribution in [0.25, 0.3) is 0 Å². The van der Waals surface area contributed by atoms with Crippen LogP contribution in [0.3, 0.4) is 0 Å². The number of aliphatic hydroxyl groups excluding tert-OH is 1. The zero-order valence-electron chi connectivity index (χ0n) is 15.4. The first-order valence-electron chi connectivity index (χ1n) is 9.37. The lowest BCUT2D eigenvalue weighted by atomic mass is 10.1. The van der Waals surface area contributed by atoms with Crippen LogP contribution in [0.1, 0.15) is 36.6 Å². The van der Waals surface area contributed by atoms with E-state index in [1.807, 2.05) is 37.4 Å². The molecule has 5 heteroatoms. The topological polar surface area (TPSA) is 54.8 Å². The van der Waals surface area contributed by atoms with Gasteiger partial charge >= 0.3 is 0 Å². The molecule has 3 rings (SSSR count). The van der Waals surface area contributed by atoms with Crippen LogP contribution in [0, 0.1) is 0 Å². The van der Waals surface area contributed by atoms with Gasteiger partial charge in [0.25, 0.3) is 0 Å². The highest BCUT2D eigenvalue weighted by molar-refractivity contribution is 5.37. The van der Waals surface area contributed by atoms with Crippen LogP contribution < -0.4 is 4.74 Å². The van der Waals surface area contributed by atoms with Gasteiger partial charge in [-0.15, -0.1) is 0 Å². The summed E-state index contributed by atoms with van der Waals surface area (Å²) in [5, 5.41) is 9.65. The Morgan fingerprint density at radius 1 is 1.27 bits per heavy atom. The second kappa shape index (κ2) is 9.67. The minimum absolute atomic E-state index is 0.0187. The number of pyridine rings is 1. The van der Waals surface area contributed by atoms with Crippen molar-refractivity contribution >= 4 is 0 Å². The van der Waals surface area contributed by atoms with Gasteiger partial charge in [0.15, 0.2) is 0 Å². The fourth-order valence-corrected chi connectivity index (χ4v) is 3.39. The fraction of sp³-hybridized carbons (Fsp3) is 0.476. The third-order valence-electron chi connectivity index (χ3n) is 4.60. The Hall–Kier alpha value is -1.95. The maximum absolute atomic E-state index is 9.65. The molecule has 1 fully saturated rings. The van der Waals surface area contributed by atoms with Gasteiger partial charge in [0, 0.05) is 38.0 Å². The normalized spacial score (nSPS) is 17.0. The number of hydrogen-bond donors (Lipinski definition) is 1. The molecule has 5 nitrogen and oxygen atoms in total. The number of rotatable bonds is 9. The molecule has 1 aliphatic rings. The summed E-state index contributed by atoms with van der Waals surface area (Å²) in [5.41, 5.74) is 3.05. The van der Waals surface area contributed by atoms with Gasteiger partial charge in [0.05, 0.1) is 25.0 Å². The molecule has 1 atom stereocenters. The molecule has 1 aliphatic heterocycles. The average molecular weight is 356 g/mol. The van der Waals surface area contributed by atoms with E-state index < -0.39 is 0 Å². The minimum Gasteiger partial charge on any atom is -0.494 e. The van der Waals surface area contributed by atoms with E-state index >= 15 is 0 Å². The van der Waals surface area contributed by atoms with Gasteiger partial charge in [-0.05, 0) is 49.6 Å². The van der Waals surface area contributed by atoms with E-state index in [0.29, 0.717) is 12.7 Å².